The first-order valence-corrected chi connectivity index (χ1v) is 11.0. The van der Waals surface area contributed by atoms with Gasteiger partial charge in [0.05, 0.1) is 17.1 Å². The van der Waals surface area contributed by atoms with Crippen molar-refractivity contribution in [3.8, 4) is 11.3 Å². The SMILES string of the molecule is Cc1nn(C)cc1-c1ccc(CNC2[C@H]3CN(CC4CCCCC4)C[C@@H]23)nn1. The molecule has 1 unspecified atom stereocenters. The Bertz CT molecular complexity index is 795. The smallest absolute Gasteiger partial charge is 0.0964 e. The van der Waals surface area contributed by atoms with Crippen molar-refractivity contribution in [2.45, 2.75) is 51.6 Å². The molecule has 0 radical (unpaired) electrons. The highest BCUT2D eigenvalue weighted by molar-refractivity contribution is 5.60. The summed E-state index contributed by atoms with van der Waals surface area (Å²) < 4.78 is 1.82. The molecule has 0 spiro atoms. The van der Waals surface area contributed by atoms with Gasteiger partial charge in [-0.3, -0.25) is 4.68 Å². The zero-order chi connectivity index (χ0) is 19.1. The van der Waals surface area contributed by atoms with Crippen LogP contribution in [0.1, 0.15) is 43.5 Å². The summed E-state index contributed by atoms with van der Waals surface area (Å²) in [5, 5.41) is 17.0. The number of hydrogen-bond acceptors (Lipinski definition) is 5. The maximum Gasteiger partial charge on any atom is 0.0964 e. The standard InChI is InChI=1S/C22H32N6/c1-15-18(12-27(2)26-15)21-9-8-17(24-25-21)10-23-22-19-13-28(14-20(19)22)11-16-6-4-3-5-7-16/h8-9,12,16,19-20,22-23H,3-7,10-11,13-14H2,1-2H3/t19-,20+,22?. The third kappa shape index (κ3) is 3.72. The van der Waals surface area contributed by atoms with E-state index in [1.165, 1.54) is 51.7 Å². The van der Waals surface area contributed by atoms with Crippen molar-refractivity contribution in [3.05, 3.63) is 29.7 Å². The molecule has 2 aliphatic carbocycles. The van der Waals surface area contributed by atoms with Crippen LogP contribution in [0.25, 0.3) is 11.3 Å². The summed E-state index contributed by atoms with van der Waals surface area (Å²) >= 11 is 0. The van der Waals surface area contributed by atoms with Gasteiger partial charge in [-0.1, -0.05) is 19.3 Å². The normalized spacial score (nSPS) is 27.9. The predicted molar refractivity (Wildman–Crippen MR) is 110 cm³/mol. The molecule has 1 N–H and O–H groups in total. The zero-order valence-corrected chi connectivity index (χ0v) is 17.1. The number of aryl methyl sites for hydroxylation is 2. The molecule has 1 saturated heterocycles. The number of aromatic nitrogens is 4. The van der Waals surface area contributed by atoms with Crippen LogP contribution in [0, 0.1) is 24.7 Å². The minimum Gasteiger partial charge on any atom is -0.308 e. The third-order valence-electron chi connectivity index (χ3n) is 7.04. The van der Waals surface area contributed by atoms with Crippen molar-refractivity contribution >= 4 is 0 Å². The Hall–Kier alpha value is -1.79. The maximum absolute atomic E-state index is 4.43. The fraction of sp³-hybridized carbons (Fsp3) is 0.682. The highest BCUT2D eigenvalue weighted by Crippen LogP contribution is 2.46. The lowest BCUT2D eigenvalue weighted by atomic mass is 9.89. The van der Waals surface area contributed by atoms with Gasteiger partial charge in [0, 0.05) is 51.0 Å². The maximum atomic E-state index is 4.43. The summed E-state index contributed by atoms with van der Waals surface area (Å²) in [5.74, 6) is 2.68. The van der Waals surface area contributed by atoms with E-state index < -0.39 is 0 Å². The fourth-order valence-electron chi connectivity index (χ4n) is 5.47. The molecule has 5 rings (SSSR count). The van der Waals surface area contributed by atoms with Crippen LogP contribution in [0.5, 0.6) is 0 Å². The summed E-state index contributed by atoms with van der Waals surface area (Å²) in [5.41, 5.74) is 3.97. The Morgan fingerprint density at radius 3 is 2.50 bits per heavy atom. The number of nitrogens with zero attached hydrogens (tertiary/aromatic N) is 5. The molecular weight excluding hydrogens is 348 g/mol. The summed E-state index contributed by atoms with van der Waals surface area (Å²) in [6, 6.07) is 4.84. The van der Waals surface area contributed by atoms with E-state index in [9.17, 15) is 0 Å². The van der Waals surface area contributed by atoms with E-state index in [2.05, 4.69) is 37.6 Å². The number of nitrogens with one attached hydrogen (secondary N) is 1. The van der Waals surface area contributed by atoms with Gasteiger partial charge in [0.15, 0.2) is 0 Å². The molecule has 0 aromatic carbocycles. The molecule has 2 aromatic rings. The van der Waals surface area contributed by atoms with Crippen LogP contribution < -0.4 is 5.32 Å². The van der Waals surface area contributed by atoms with Crippen molar-refractivity contribution in [1.29, 1.82) is 0 Å². The fourth-order valence-corrected chi connectivity index (χ4v) is 5.47. The molecule has 150 valence electrons. The first-order chi connectivity index (χ1) is 13.7. The number of piperidine rings is 1. The molecule has 3 aliphatic rings. The predicted octanol–water partition coefficient (Wildman–Crippen LogP) is 2.79. The van der Waals surface area contributed by atoms with Crippen LogP contribution >= 0.6 is 0 Å². The average molecular weight is 381 g/mol. The van der Waals surface area contributed by atoms with Gasteiger partial charge in [-0.15, -0.1) is 0 Å². The molecule has 0 bridgehead atoms. The minimum atomic E-state index is 0.685. The van der Waals surface area contributed by atoms with E-state index in [0.717, 1.165) is 46.9 Å². The van der Waals surface area contributed by atoms with Gasteiger partial charge in [0.25, 0.3) is 0 Å². The monoisotopic (exact) mass is 380 g/mol. The van der Waals surface area contributed by atoms with Crippen molar-refractivity contribution in [3.63, 3.8) is 0 Å². The van der Waals surface area contributed by atoms with E-state index in [-0.39, 0.29) is 0 Å². The van der Waals surface area contributed by atoms with Gasteiger partial charge in [-0.25, -0.2) is 0 Å². The van der Waals surface area contributed by atoms with Crippen LogP contribution in [-0.4, -0.2) is 50.6 Å². The van der Waals surface area contributed by atoms with Crippen LogP contribution in [0.4, 0.5) is 0 Å². The lowest BCUT2D eigenvalue weighted by Gasteiger charge is -2.28. The Morgan fingerprint density at radius 1 is 1.07 bits per heavy atom. The molecule has 0 amide bonds. The molecular formula is C22H32N6. The van der Waals surface area contributed by atoms with Crippen LogP contribution in [-0.2, 0) is 13.6 Å². The highest BCUT2D eigenvalue weighted by atomic mass is 15.3. The lowest BCUT2D eigenvalue weighted by molar-refractivity contribution is 0.211. The van der Waals surface area contributed by atoms with E-state index in [1.807, 2.05) is 24.9 Å². The largest absolute Gasteiger partial charge is 0.308 e. The first kappa shape index (κ1) is 18.3. The second-order valence-electron chi connectivity index (χ2n) is 9.17. The molecule has 1 aliphatic heterocycles. The topological polar surface area (TPSA) is 58.9 Å². The minimum absolute atomic E-state index is 0.685. The molecule has 2 saturated carbocycles. The van der Waals surface area contributed by atoms with Gasteiger partial charge in [-0.2, -0.15) is 15.3 Å². The van der Waals surface area contributed by atoms with Gasteiger partial charge < -0.3 is 10.2 Å². The summed E-state index contributed by atoms with van der Waals surface area (Å²) in [6.07, 6.45) is 9.29. The lowest BCUT2D eigenvalue weighted by Crippen LogP contribution is -2.34. The van der Waals surface area contributed by atoms with E-state index in [0.29, 0.717) is 6.04 Å². The summed E-state index contributed by atoms with van der Waals surface area (Å²) in [6.45, 7) is 6.77. The molecule has 28 heavy (non-hydrogen) atoms. The van der Waals surface area contributed by atoms with Crippen molar-refractivity contribution in [2.75, 3.05) is 19.6 Å². The molecule has 3 atom stereocenters. The van der Waals surface area contributed by atoms with Crippen LogP contribution in [0.3, 0.4) is 0 Å². The molecule has 3 fully saturated rings. The second-order valence-corrected chi connectivity index (χ2v) is 9.17. The van der Waals surface area contributed by atoms with E-state index in [4.69, 9.17) is 0 Å². The Labute approximate surface area is 167 Å². The van der Waals surface area contributed by atoms with Gasteiger partial charge >= 0.3 is 0 Å². The summed E-state index contributed by atoms with van der Waals surface area (Å²) in [7, 11) is 1.94. The van der Waals surface area contributed by atoms with Crippen molar-refractivity contribution in [2.24, 2.45) is 24.8 Å². The Balaban J connectivity index is 1.08. The molecule has 2 aromatic heterocycles. The molecule has 6 nitrogen and oxygen atoms in total. The number of hydrogen-bond donors (Lipinski definition) is 1. The van der Waals surface area contributed by atoms with Gasteiger partial charge in [-0.05, 0) is 49.7 Å². The Morgan fingerprint density at radius 2 is 1.86 bits per heavy atom. The first-order valence-electron chi connectivity index (χ1n) is 11.0. The van der Waals surface area contributed by atoms with Gasteiger partial charge in [0.1, 0.15) is 0 Å². The quantitative estimate of drug-likeness (QED) is 0.835. The average Bonchev–Trinajstić information content (AvgIpc) is 2.99. The second kappa shape index (κ2) is 7.56. The van der Waals surface area contributed by atoms with Gasteiger partial charge in [0.2, 0.25) is 0 Å². The van der Waals surface area contributed by atoms with Crippen LogP contribution in [0.15, 0.2) is 18.3 Å². The number of likely N-dealkylation sites (tertiary alicyclic amines) is 1. The number of fused-ring (bicyclic) bond motifs is 1. The number of rotatable bonds is 6. The van der Waals surface area contributed by atoms with Crippen LogP contribution in [0.2, 0.25) is 0 Å². The zero-order valence-electron chi connectivity index (χ0n) is 17.1. The summed E-state index contributed by atoms with van der Waals surface area (Å²) in [4.78, 5) is 2.73. The van der Waals surface area contributed by atoms with Crippen molar-refractivity contribution in [1.82, 2.24) is 30.2 Å². The van der Waals surface area contributed by atoms with E-state index >= 15 is 0 Å². The molecule has 3 heterocycles. The van der Waals surface area contributed by atoms with E-state index in [1.54, 1.807) is 0 Å². The highest BCUT2D eigenvalue weighted by Gasteiger charge is 2.55. The third-order valence-corrected chi connectivity index (χ3v) is 7.04. The van der Waals surface area contributed by atoms with Crippen molar-refractivity contribution < 1.29 is 0 Å². The Kier molecular flexibility index (Phi) is 4.93. The molecule has 6 heteroatoms.